The van der Waals surface area contributed by atoms with Crippen LogP contribution in [0, 0.1) is 11.6 Å². The standard InChI is InChI=1S/C15H16F2N4/c16-12-4-1-5-13(14(12)17)20-8-3-9-21(11-10-20)15-18-6-2-7-19-15/h1-2,4-7H,3,8-11H2. The topological polar surface area (TPSA) is 32.3 Å². The SMILES string of the molecule is Fc1cccc(N2CCCN(c3ncccn3)CC2)c1F. The van der Waals surface area contributed by atoms with E-state index < -0.39 is 11.6 Å². The van der Waals surface area contributed by atoms with Crippen molar-refractivity contribution in [2.75, 3.05) is 36.0 Å². The minimum absolute atomic E-state index is 0.325. The van der Waals surface area contributed by atoms with Gasteiger partial charge in [-0.1, -0.05) is 6.07 Å². The van der Waals surface area contributed by atoms with Crippen LogP contribution in [-0.2, 0) is 0 Å². The number of nitrogens with zero attached hydrogens (tertiary/aromatic N) is 4. The van der Waals surface area contributed by atoms with Gasteiger partial charge in [0.05, 0.1) is 5.69 Å². The smallest absolute Gasteiger partial charge is 0.225 e. The van der Waals surface area contributed by atoms with E-state index >= 15 is 0 Å². The van der Waals surface area contributed by atoms with Crippen molar-refractivity contribution in [3.63, 3.8) is 0 Å². The largest absolute Gasteiger partial charge is 0.367 e. The van der Waals surface area contributed by atoms with Gasteiger partial charge in [-0.15, -0.1) is 0 Å². The van der Waals surface area contributed by atoms with Gasteiger partial charge < -0.3 is 9.80 Å². The van der Waals surface area contributed by atoms with Gasteiger partial charge in [-0.2, -0.15) is 0 Å². The van der Waals surface area contributed by atoms with Gasteiger partial charge in [0.2, 0.25) is 5.95 Å². The van der Waals surface area contributed by atoms with E-state index in [1.165, 1.54) is 6.07 Å². The van der Waals surface area contributed by atoms with Crippen molar-refractivity contribution in [3.05, 3.63) is 48.3 Å². The number of hydrogen-bond acceptors (Lipinski definition) is 4. The molecule has 0 amide bonds. The molecule has 6 heteroatoms. The van der Waals surface area contributed by atoms with E-state index in [0.717, 1.165) is 19.0 Å². The van der Waals surface area contributed by atoms with Crippen LogP contribution in [0.1, 0.15) is 6.42 Å². The molecule has 3 rings (SSSR count). The zero-order chi connectivity index (χ0) is 14.7. The summed E-state index contributed by atoms with van der Waals surface area (Å²) < 4.78 is 27.2. The molecule has 1 aromatic heterocycles. The van der Waals surface area contributed by atoms with Crippen molar-refractivity contribution in [1.29, 1.82) is 0 Å². The Kier molecular flexibility index (Phi) is 3.94. The lowest BCUT2D eigenvalue weighted by Crippen LogP contribution is -2.32. The van der Waals surface area contributed by atoms with E-state index in [2.05, 4.69) is 14.9 Å². The number of hydrogen-bond donors (Lipinski definition) is 0. The fourth-order valence-corrected chi connectivity index (χ4v) is 2.55. The van der Waals surface area contributed by atoms with Crippen LogP contribution in [0.5, 0.6) is 0 Å². The van der Waals surface area contributed by atoms with Crippen LogP contribution < -0.4 is 9.80 Å². The zero-order valence-electron chi connectivity index (χ0n) is 11.5. The molecular weight excluding hydrogens is 274 g/mol. The van der Waals surface area contributed by atoms with E-state index in [1.807, 2.05) is 4.90 Å². The van der Waals surface area contributed by atoms with E-state index in [9.17, 15) is 8.78 Å². The minimum Gasteiger partial charge on any atom is -0.367 e. The summed E-state index contributed by atoms with van der Waals surface area (Å²) >= 11 is 0. The lowest BCUT2D eigenvalue weighted by atomic mass is 10.2. The first kappa shape index (κ1) is 13.7. The second-order valence-electron chi connectivity index (χ2n) is 4.95. The molecule has 0 aliphatic carbocycles. The highest BCUT2D eigenvalue weighted by Crippen LogP contribution is 2.23. The van der Waals surface area contributed by atoms with Crippen molar-refractivity contribution < 1.29 is 8.78 Å². The number of anilines is 2. The molecule has 0 N–H and O–H groups in total. The highest BCUT2D eigenvalue weighted by Gasteiger charge is 2.20. The summed E-state index contributed by atoms with van der Waals surface area (Å²) in [5.41, 5.74) is 0.325. The zero-order valence-corrected chi connectivity index (χ0v) is 11.5. The first-order chi connectivity index (χ1) is 10.3. The maximum Gasteiger partial charge on any atom is 0.225 e. The average molecular weight is 290 g/mol. The summed E-state index contributed by atoms with van der Waals surface area (Å²) in [6.45, 7) is 2.78. The fraction of sp³-hybridized carbons (Fsp3) is 0.333. The molecule has 1 fully saturated rings. The summed E-state index contributed by atoms with van der Waals surface area (Å²) in [6, 6.07) is 6.07. The summed E-state index contributed by atoms with van der Waals surface area (Å²) in [5, 5.41) is 0. The van der Waals surface area contributed by atoms with Crippen LogP contribution in [0.2, 0.25) is 0 Å². The molecule has 0 saturated carbocycles. The molecule has 2 aromatic rings. The molecule has 1 aliphatic rings. The normalized spacial score (nSPS) is 15.9. The molecule has 0 bridgehead atoms. The summed E-state index contributed by atoms with van der Waals surface area (Å²) in [7, 11) is 0. The Labute approximate surface area is 122 Å². The van der Waals surface area contributed by atoms with Gasteiger partial charge in [0, 0.05) is 38.6 Å². The van der Waals surface area contributed by atoms with Crippen molar-refractivity contribution in [1.82, 2.24) is 9.97 Å². The monoisotopic (exact) mass is 290 g/mol. The predicted molar refractivity (Wildman–Crippen MR) is 77.4 cm³/mol. The minimum atomic E-state index is -0.806. The summed E-state index contributed by atoms with van der Waals surface area (Å²) in [6.07, 6.45) is 4.25. The van der Waals surface area contributed by atoms with Gasteiger partial charge >= 0.3 is 0 Å². The van der Waals surface area contributed by atoms with Crippen molar-refractivity contribution in [2.45, 2.75) is 6.42 Å². The van der Waals surface area contributed by atoms with Crippen molar-refractivity contribution >= 4 is 11.6 Å². The molecule has 4 nitrogen and oxygen atoms in total. The maximum absolute atomic E-state index is 13.9. The van der Waals surface area contributed by atoms with Crippen LogP contribution in [0.3, 0.4) is 0 Å². The Morgan fingerprint density at radius 1 is 0.857 bits per heavy atom. The van der Waals surface area contributed by atoms with Gasteiger partial charge in [-0.05, 0) is 24.6 Å². The van der Waals surface area contributed by atoms with Gasteiger partial charge in [0.25, 0.3) is 0 Å². The Morgan fingerprint density at radius 2 is 1.57 bits per heavy atom. The lowest BCUT2D eigenvalue weighted by Gasteiger charge is -2.24. The summed E-state index contributed by atoms with van der Waals surface area (Å²) in [5.74, 6) is -0.902. The first-order valence-electron chi connectivity index (χ1n) is 6.96. The lowest BCUT2D eigenvalue weighted by molar-refractivity contribution is 0.506. The molecule has 0 atom stereocenters. The Hall–Kier alpha value is -2.24. The molecule has 0 radical (unpaired) electrons. The maximum atomic E-state index is 13.9. The van der Waals surface area contributed by atoms with E-state index in [4.69, 9.17) is 0 Å². The van der Waals surface area contributed by atoms with Crippen LogP contribution in [-0.4, -0.2) is 36.1 Å². The van der Waals surface area contributed by atoms with Crippen molar-refractivity contribution in [3.8, 4) is 0 Å². The second kappa shape index (κ2) is 6.03. The highest BCUT2D eigenvalue weighted by molar-refractivity contribution is 5.49. The highest BCUT2D eigenvalue weighted by atomic mass is 19.2. The Bertz CT molecular complexity index is 606. The number of benzene rings is 1. The van der Waals surface area contributed by atoms with Gasteiger partial charge in [0.15, 0.2) is 11.6 Å². The molecule has 110 valence electrons. The third-order valence-electron chi connectivity index (χ3n) is 3.60. The summed E-state index contributed by atoms with van der Waals surface area (Å²) in [4.78, 5) is 12.4. The van der Waals surface area contributed by atoms with E-state index in [1.54, 1.807) is 24.5 Å². The third kappa shape index (κ3) is 2.94. The Balaban J connectivity index is 1.75. The van der Waals surface area contributed by atoms with Crippen LogP contribution in [0.25, 0.3) is 0 Å². The van der Waals surface area contributed by atoms with Gasteiger partial charge in [0.1, 0.15) is 0 Å². The average Bonchev–Trinajstić information content (AvgIpc) is 2.77. The quantitative estimate of drug-likeness (QED) is 0.850. The number of rotatable bonds is 2. The van der Waals surface area contributed by atoms with Crippen molar-refractivity contribution in [2.24, 2.45) is 0 Å². The molecule has 1 aliphatic heterocycles. The third-order valence-corrected chi connectivity index (χ3v) is 3.60. The molecule has 21 heavy (non-hydrogen) atoms. The molecule has 2 heterocycles. The van der Waals surface area contributed by atoms with Gasteiger partial charge in [-0.3, -0.25) is 0 Å². The number of aromatic nitrogens is 2. The van der Waals surface area contributed by atoms with Gasteiger partial charge in [-0.25, -0.2) is 18.7 Å². The van der Waals surface area contributed by atoms with Crippen LogP contribution in [0.4, 0.5) is 20.4 Å². The van der Waals surface area contributed by atoms with E-state index in [0.29, 0.717) is 31.3 Å². The fourth-order valence-electron chi connectivity index (χ4n) is 2.55. The first-order valence-corrected chi connectivity index (χ1v) is 6.96. The second-order valence-corrected chi connectivity index (χ2v) is 4.95. The molecular formula is C15H16F2N4. The molecule has 0 unspecified atom stereocenters. The van der Waals surface area contributed by atoms with E-state index in [-0.39, 0.29) is 0 Å². The van der Waals surface area contributed by atoms with Crippen LogP contribution in [0.15, 0.2) is 36.7 Å². The van der Waals surface area contributed by atoms with Crippen LogP contribution >= 0.6 is 0 Å². The predicted octanol–water partition coefficient (Wildman–Crippen LogP) is 2.47. The molecule has 1 aromatic carbocycles. The Morgan fingerprint density at radius 3 is 2.38 bits per heavy atom. The molecule has 1 saturated heterocycles. The molecule has 0 spiro atoms. The number of halogens is 2.